The van der Waals surface area contributed by atoms with Crippen molar-refractivity contribution in [2.45, 2.75) is 31.7 Å². The Labute approximate surface area is 196 Å². The Balaban J connectivity index is 1.32. The molecule has 0 bridgehead atoms. The van der Waals surface area contributed by atoms with Crippen LogP contribution in [-0.2, 0) is 0 Å². The van der Waals surface area contributed by atoms with E-state index in [1.54, 1.807) is 6.07 Å². The maximum Gasteiger partial charge on any atom is 0.253 e. The second-order valence-electron chi connectivity index (χ2n) is 8.09. The van der Waals surface area contributed by atoms with Crippen molar-refractivity contribution in [2.75, 3.05) is 30.9 Å². The smallest absolute Gasteiger partial charge is 0.253 e. The lowest BCUT2D eigenvalue weighted by Crippen LogP contribution is -2.34. The van der Waals surface area contributed by atoms with Crippen LogP contribution < -0.4 is 15.5 Å². The van der Waals surface area contributed by atoms with Gasteiger partial charge in [-0.25, -0.2) is 4.98 Å². The van der Waals surface area contributed by atoms with E-state index in [1.165, 1.54) is 11.3 Å². The molecule has 4 rings (SSSR count). The molecule has 2 N–H and O–H groups in total. The fourth-order valence-electron chi connectivity index (χ4n) is 3.99. The lowest BCUT2D eigenvalue weighted by Gasteiger charge is -2.29. The molecule has 1 aromatic carbocycles. The zero-order chi connectivity index (χ0) is 22.0. The molecule has 1 fully saturated rings. The maximum absolute atomic E-state index is 12.3. The Hall–Kier alpha value is -2.09. The molecule has 1 saturated carbocycles. The summed E-state index contributed by atoms with van der Waals surface area (Å²) in [6, 6.07) is 10.0. The molecule has 1 amide bonds. The molecule has 6 nitrogen and oxygen atoms in total. The van der Waals surface area contributed by atoms with Crippen LogP contribution >= 0.6 is 34.5 Å². The van der Waals surface area contributed by atoms with Crippen LogP contribution in [-0.4, -0.2) is 42.6 Å². The Kier molecular flexibility index (Phi) is 6.84. The van der Waals surface area contributed by atoms with Gasteiger partial charge in [-0.2, -0.15) is 4.98 Å². The average Bonchev–Trinajstić information content (AvgIpc) is 3.10. The minimum atomic E-state index is -0.158. The van der Waals surface area contributed by atoms with E-state index in [0.29, 0.717) is 38.7 Å². The van der Waals surface area contributed by atoms with E-state index >= 15 is 0 Å². The number of halogens is 2. The summed E-state index contributed by atoms with van der Waals surface area (Å²) in [7, 11) is 3.99. The fraction of sp³-hybridized carbons (Fsp3) is 0.409. The first-order chi connectivity index (χ1) is 14.9. The lowest BCUT2D eigenvalue weighted by atomic mass is 9.86. The topological polar surface area (TPSA) is 70.2 Å². The summed E-state index contributed by atoms with van der Waals surface area (Å²) in [5.74, 6) is 1.87. The predicted molar refractivity (Wildman–Crippen MR) is 130 cm³/mol. The van der Waals surface area contributed by atoms with Gasteiger partial charge in [-0.15, -0.1) is 11.3 Å². The minimum Gasteiger partial charge on any atom is -0.362 e. The van der Waals surface area contributed by atoms with Gasteiger partial charge in [-0.1, -0.05) is 35.3 Å². The summed E-state index contributed by atoms with van der Waals surface area (Å²) in [4.78, 5) is 23.8. The Bertz CT molecular complexity index is 1080. The Morgan fingerprint density at radius 1 is 1.16 bits per heavy atom. The number of carbonyl (C=O) groups excluding carboxylic acids is 1. The fourth-order valence-corrected chi connectivity index (χ4v) is 5.44. The van der Waals surface area contributed by atoms with E-state index in [4.69, 9.17) is 33.2 Å². The third-order valence-electron chi connectivity index (χ3n) is 5.64. The van der Waals surface area contributed by atoms with E-state index in [1.807, 2.05) is 43.3 Å². The van der Waals surface area contributed by atoms with Gasteiger partial charge < -0.3 is 15.5 Å². The van der Waals surface area contributed by atoms with Crippen LogP contribution in [0.4, 0.5) is 11.8 Å². The standard InChI is InChI=1S/C22H25Cl2N5OS/c1-29(2)20-15-5-3-4-6-17(15)27-22(28-20)26-14-9-7-13(8-10-14)12-25-21(30)16-11-18(23)31-19(16)24/h3-6,11,13-14H,7-10,12H2,1-2H3,(H,25,30)(H,26,27,28). The first-order valence-corrected chi connectivity index (χ1v) is 11.9. The van der Waals surface area contributed by atoms with E-state index in [-0.39, 0.29) is 5.91 Å². The molecule has 1 aliphatic rings. The molecular weight excluding hydrogens is 453 g/mol. The number of fused-ring (bicyclic) bond motifs is 1. The normalized spacial score (nSPS) is 18.7. The Morgan fingerprint density at radius 3 is 2.58 bits per heavy atom. The third-order valence-corrected chi connectivity index (χ3v) is 7.13. The number of rotatable bonds is 6. The molecule has 0 spiro atoms. The van der Waals surface area contributed by atoms with Gasteiger partial charge in [0.2, 0.25) is 5.95 Å². The van der Waals surface area contributed by atoms with Crippen LogP contribution in [0.1, 0.15) is 36.0 Å². The van der Waals surface area contributed by atoms with Crippen LogP contribution in [0.15, 0.2) is 30.3 Å². The molecule has 0 saturated heterocycles. The van der Waals surface area contributed by atoms with Crippen molar-refractivity contribution in [3.8, 4) is 0 Å². The molecule has 0 atom stereocenters. The van der Waals surface area contributed by atoms with Crippen molar-refractivity contribution in [3.63, 3.8) is 0 Å². The van der Waals surface area contributed by atoms with Gasteiger partial charge in [0.15, 0.2) is 0 Å². The van der Waals surface area contributed by atoms with Gasteiger partial charge in [0, 0.05) is 32.1 Å². The zero-order valence-corrected chi connectivity index (χ0v) is 19.8. The SMILES string of the molecule is CN(C)c1nc(NC2CCC(CNC(=O)c3cc(Cl)sc3Cl)CC2)nc2ccccc12. The zero-order valence-electron chi connectivity index (χ0n) is 17.5. The number of nitrogens with zero attached hydrogens (tertiary/aromatic N) is 3. The number of carbonyl (C=O) groups is 1. The monoisotopic (exact) mass is 477 g/mol. The van der Waals surface area contributed by atoms with E-state index < -0.39 is 0 Å². The van der Waals surface area contributed by atoms with Crippen LogP contribution in [0.2, 0.25) is 8.67 Å². The molecule has 2 heterocycles. The van der Waals surface area contributed by atoms with Gasteiger partial charge in [0.05, 0.1) is 15.4 Å². The molecular formula is C22H25Cl2N5OS. The van der Waals surface area contributed by atoms with E-state index in [0.717, 1.165) is 42.4 Å². The van der Waals surface area contributed by atoms with Crippen LogP contribution in [0, 0.1) is 5.92 Å². The molecule has 9 heteroatoms. The van der Waals surface area contributed by atoms with E-state index in [9.17, 15) is 4.79 Å². The van der Waals surface area contributed by atoms with Gasteiger partial charge >= 0.3 is 0 Å². The molecule has 164 valence electrons. The van der Waals surface area contributed by atoms with Gasteiger partial charge in [0.25, 0.3) is 5.91 Å². The molecule has 1 aliphatic carbocycles. The number of nitrogens with one attached hydrogen (secondary N) is 2. The molecule has 0 aliphatic heterocycles. The predicted octanol–water partition coefficient (Wildman–Crippen LogP) is 5.46. The number of thiophene rings is 1. The number of benzene rings is 1. The second kappa shape index (κ2) is 9.59. The van der Waals surface area contributed by atoms with Crippen LogP contribution in [0.25, 0.3) is 10.9 Å². The summed E-state index contributed by atoms with van der Waals surface area (Å²) in [5, 5.41) is 7.57. The molecule has 0 radical (unpaired) electrons. The van der Waals surface area contributed by atoms with Gasteiger partial charge in [-0.3, -0.25) is 4.79 Å². The lowest BCUT2D eigenvalue weighted by molar-refractivity contribution is 0.0944. The number of hydrogen-bond donors (Lipinski definition) is 2. The third kappa shape index (κ3) is 5.22. The van der Waals surface area contributed by atoms with Crippen LogP contribution in [0.5, 0.6) is 0 Å². The number of amides is 1. The van der Waals surface area contributed by atoms with Crippen molar-refractivity contribution in [1.29, 1.82) is 0 Å². The summed E-state index contributed by atoms with van der Waals surface area (Å²) in [6.45, 7) is 0.645. The molecule has 2 aromatic heterocycles. The van der Waals surface area contributed by atoms with Crippen molar-refractivity contribution < 1.29 is 4.79 Å². The number of para-hydroxylation sites is 1. The second-order valence-corrected chi connectivity index (χ2v) is 10.4. The minimum absolute atomic E-state index is 0.158. The number of hydrogen-bond acceptors (Lipinski definition) is 6. The van der Waals surface area contributed by atoms with Crippen molar-refractivity contribution in [2.24, 2.45) is 5.92 Å². The summed E-state index contributed by atoms with van der Waals surface area (Å²) in [6.07, 6.45) is 4.09. The highest BCUT2D eigenvalue weighted by molar-refractivity contribution is 7.20. The highest BCUT2D eigenvalue weighted by Gasteiger charge is 2.23. The maximum atomic E-state index is 12.3. The van der Waals surface area contributed by atoms with Crippen LogP contribution in [0.3, 0.4) is 0 Å². The van der Waals surface area contributed by atoms with Gasteiger partial charge in [0.1, 0.15) is 10.2 Å². The summed E-state index contributed by atoms with van der Waals surface area (Å²) in [5.41, 5.74) is 1.39. The average molecular weight is 478 g/mol. The number of anilines is 2. The largest absolute Gasteiger partial charge is 0.362 e. The highest BCUT2D eigenvalue weighted by atomic mass is 35.5. The number of aromatic nitrogens is 2. The molecule has 3 aromatic rings. The first kappa shape index (κ1) is 22.1. The van der Waals surface area contributed by atoms with Crippen molar-refractivity contribution in [3.05, 3.63) is 44.6 Å². The highest BCUT2D eigenvalue weighted by Crippen LogP contribution is 2.31. The quantitative estimate of drug-likeness (QED) is 0.492. The summed E-state index contributed by atoms with van der Waals surface area (Å²) >= 11 is 13.2. The van der Waals surface area contributed by atoms with Crippen molar-refractivity contribution in [1.82, 2.24) is 15.3 Å². The molecule has 31 heavy (non-hydrogen) atoms. The van der Waals surface area contributed by atoms with Gasteiger partial charge in [-0.05, 0) is 49.8 Å². The molecule has 0 unspecified atom stereocenters. The first-order valence-electron chi connectivity index (χ1n) is 10.3. The Morgan fingerprint density at radius 2 is 1.90 bits per heavy atom. The van der Waals surface area contributed by atoms with Crippen molar-refractivity contribution >= 4 is 63.1 Å². The summed E-state index contributed by atoms with van der Waals surface area (Å²) < 4.78 is 0.956. The van der Waals surface area contributed by atoms with E-state index in [2.05, 4.69) is 10.6 Å².